The first-order valence-corrected chi connectivity index (χ1v) is 7.00. The van der Waals surface area contributed by atoms with Gasteiger partial charge in [0.15, 0.2) is 5.78 Å². The first-order chi connectivity index (χ1) is 8.73. The summed E-state index contributed by atoms with van der Waals surface area (Å²) in [7, 11) is 0. The van der Waals surface area contributed by atoms with Crippen LogP contribution in [0.5, 0.6) is 0 Å². The van der Waals surface area contributed by atoms with Crippen LogP contribution in [0.3, 0.4) is 0 Å². The molecular weight excluding hydrogens is 226 g/mol. The minimum atomic E-state index is -0.330. The summed E-state index contributed by atoms with van der Waals surface area (Å²) < 4.78 is 1.83. The van der Waals surface area contributed by atoms with Crippen LogP contribution >= 0.6 is 0 Å². The van der Waals surface area contributed by atoms with Crippen molar-refractivity contribution in [2.24, 2.45) is 11.1 Å². The Kier molecular flexibility index (Phi) is 4.17. The van der Waals surface area contributed by atoms with E-state index in [1.807, 2.05) is 10.7 Å². The quantitative estimate of drug-likeness (QED) is 0.815. The lowest BCUT2D eigenvalue weighted by Gasteiger charge is -2.34. The zero-order valence-corrected chi connectivity index (χ0v) is 11.2. The van der Waals surface area contributed by atoms with Crippen molar-refractivity contribution in [3.8, 4) is 0 Å². The molecule has 2 N–H and O–H groups in total. The predicted octanol–water partition coefficient (Wildman–Crippen LogP) is 2.39. The number of nitrogens with two attached hydrogens (primary N) is 1. The first-order valence-electron chi connectivity index (χ1n) is 7.00. The zero-order valence-electron chi connectivity index (χ0n) is 11.2. The average molecular weight is 249 g/mol. The van der Waals surface area contributed by atoms with Gasteiger partial charge in [-0.1, -0.05) is 26.2 Å². The molecule has 18 heavy (non-hydrogen) atoms. The Labute approximate surface area is 109 Å². The molecule has 1 fully saturated rings. The molecule has 0 aromatic carbocycles. The lowest BCUT2D eigenvalue weighted by molar-refractivity contribution is 0.0717. The second kappa shape index (κ2) is 5.65. The molecule has 2 rings (SSSR count). The molecule has 4 nitrogen and oxygen atoms in total. The van der Waals surface area contributed by atoms with Crippen LogP contribution in [0.15, 0.2) is 12.3 Å². The third kappa shape index (κ3) is 2.34. The Morgan fingerprint density at radius 2 is 2.17 bits per heavy atom. The number of carbonyl (C=O) groups is 1. The molecule has 4 heteroatoms. The number of carbonyl (C=O) groups excluding carboxylic acids is 1. The van der Waals surface area contributed by atoms with E-state index in [-0.39, 0.29) is 11.2 Å². The molecule has 1 aliphatic rings. The van der Waals surface area contributed by atoms with Gasteiger partial charge in [-0.15, -0.1) is 0 Å². The Morgan fingerprint density at radius 1 is 1.44 bits per heavy atom. The number of ketones is 1. The molecule has 0 bridgehead atoms. The predicted molar refractivity (Wildman–Crippen MR) is 71.4 cm³/mol. The summed E-state index contributed by atoms with van der Waals surface area (Å²) in [6, 6.07) is 1.84. The largest absolute Gasteiger partial charge is 0.329 e. The lowest BCUT2D eigenvalue weighted by atomic mass is 9.70. The molecule has 1 aromatic rings. The molecule has 0 radical (unpaired) electrons. The van der Waals surface area contributed by atoms with E-state index in [4.69, 9.17) is 5.73 Å². The van der Waals surface area contributed by atoms with Crippen LogP contribution in [0.4, 0.5) is 0 Å². The molecule has 0 aliphatic heterocycles. The van der Waals surface area contributed by atoms with Gasteiger partial charge in [0.25, 0.3) is 0 Å². The van der Waals surface area contributed by atoms with Crippen molar-refractivity contribution in [2.75, 3.05) is 6.54 Å². The van der Waals surface area contributed by atoms with Gasteiger partial charge in [-0.2, -0.15) is 5.10 Å². The summed E-state index contributed by atoms with van der Waals surface area (Å²) in [4.78, 5) is 12.8. The van der Waals surface area contributed by atoms with Gasteiger partial charge in [0.05, 0.1) is 0 Å². The van der Waals surface area contributed by atoms with Crippen molar-refractivity contribution >= 4 is 5.78 Å². The molecule has 0 amide bonds. The van der Waals surface area contributed by atoms with Gasteiger partial charge in [0.2, 0.25) is 0 Å². The number of Topliss-reactive ketones (excluding diaryl/α,β-unsaturated/α-hetero) is 1. The SMILES string of the molecule is CCCn1nccc1C(=O)C1(CN)CCCCC1. The van der Waals surface area contributed by atoms with Crippen LogP contribution in [0, 0.1) is 5.41 Å². The van der Waals surface area contributed by atoms with E-state index < -0.39 is 0 Å². The van der Waals surface area contributed by atoms with Crippen LogP contribution < -0.4 is 5.73 Å². The van der Waals surface area contributed by atoms with Crippen molar-refractivity contribution in [1.82, 2.24) is 9.78 Å². The van der Waals surface area contributed by atoms with Crippen LogP contribution in [-0.2, 0) is 6.54 Å². The second-order valence-electron chi connectivity index (χ2n) is 5.31. The number of hydrogen-bond donors (Lipinski definition) is 1. The van der Waals surface area contributed by atoms with Crippen LogP contribution in [-0.4, -0.2) is 22.1 Å². The Hall–Kier alpha value is -1.16. The number of aryl methyl sites for hydroxylation is 1. The zero-order chi connectivity index (χ0) is 13.0. The molecule has 1 saturated carbocycles. The Bertz CT molecular complexity index is 405. The molecule has 0 spiro atoms. The van der Waals surface area contributed by atoms with Crippen molar-refractivity contribution in [1.29, 1.82) is 0 Å². The van der Waals surface area contributed by atoms with Gasteiger partial charge in [-0.3, -0.25) is 9.48 Å². The molecule has 0 atom stereocenters. The van der Waals surface area contributed by atoms with Gasteiger partial charge in [-0.05, 0) is 25.3 Å². The van der Waals surface area contributed by atoms with Crippen molar-refractivity contribution in [2.45, 2.75) is 52.0 Å². The van der Waals surface area contributed by atoms with E-state index in [9.17, 15) is 4.79 Å². The monoisotopic (exact) mass is 249 g/mol. The fraction of sp³-hybridized carbons (Fsp3) is 0.714. The highest BCUT2D eigenvalue weighted by atomic mass is 16.1. The van der Waals surface area contributed by atoms with Crippen molar-refractivity contribution in [3.63, 3.8) is 0 Å². The van der Waals surface area contributed by atoms with Crippen LogP contribution in [0.1, 0.15) is 55.9 Å². The van der Waals surface area contributed by atoms with Crippen molar-refractivity contribution < 1.29 is 4.79 Å². The standard InChI is InChI=1S/C14H23N3O/c1-2-10-17-12(6-9-16-17)13(18)14(11-15)7-4-3-5-8-14/h6,9H,2-5,7-8,10-11,15H2,1H3. The fourth-order valence-electron chi connectivity index (χ4n) is 2.94. The maximum Gasteiger partial charge on any atom is 0.188 e. The number of hydrogen-bond acceptors (Lipinski definition) is 3. The van der Waals surface area contributed by atoms with Gasteiger partial charge >= 0.3 is 0 Å². The van der Waals surface area contributed by atoms with Gasteiger partial charge in [-0.25, -0.2) is 0 Å². The highest BCUT2D eigenvalue weighted by molar-refractivity contribution is 5.99. The summed E-state index contributed by atoms with van der Waals surface area (Å²) in [5.41, 5.74) is 6.33. The van der Waals surface area contributed by atoms with Crippen LogP contribution in [0.2, 0.25) is 0 Å². The Balaban J connectivity index is 2.25. The number of nitrogens with zero attached hydrogens (tertiary/aromatic N) is 2. The molecule has 100 valence electrons. The maximum atomic E-state index is 12.8. The smallest absolute Gasteiger partial charge is 0.188 e. The minimum absolute atomic E-state index is 0.204. The van der Waals surface area contributed by atoms with Gasteiger partial charge < -0.3 is 5.73 Å². The summed E-state index contributed by atoms with van der Waals surface area (Å²) in [5.74, 6) is 0.204. The summed E-state index contributed by atoms with van der Waals surface area (Å²) in [6.07, 6.45) is 8.02. The van der Waals surface area contributed by atoms with E-state index in [0.29, 0.717) is 6.54 Å². The first kappa shape index (κ1) is 13.3. The Morgan fingerprint density at radius 3 is 2.78 bits per heavy atom. The normalized spacial score (nSPS) is 18.8. The van der Waals surface area contributed by atoms with Crippen LogP contribution in [0.25, 0.3) is 0 Å². The van der Waals surface area contributed by atoms with Gasteiger partial charge in [0, 0.05) is 24.7 Å². The maximum absolute atomic E-state index is 12.8. The summed E-state index contributed by atoms with van der Waals surface area (Å²) >= 11 is 0. The topological polar surface area (TPSA) is 60.9 Å². The van der Waals surface area contributed by atoms with E-state index in [1.165, 1.54) is 6.42 Å². The molecule has 1 heterocycles. The average Bonchev–Trinajstić information content (AvgIpc) is 2.87. The van der Waals surface area contributed by atoms with E-state index >= 15 is 0 Å². The molecule has 0 saturated heterocycles. The number of rotatable bonds is 5. The number of aromatic nitrogens is 2. The molecule has 1 aliphatic carbocycles. The highest BCUT2D eigenvalue weighted by Crippen LogP contribution is 2.38. The van der Waals surface area contributed by atoms with E-state index in [1.54, 1.807) is 6.20 Å². The third-order valence-electron chi connectivity index (χ3n) is 4.07. The molecule has 0 unspecified atom stereocenters. The third-order valence-corrected chi connectivity index (χ3v) is 4.07. The van der Waals surface area contributed by atoms with E-state index in [2.05, 4.69) is 12.0 Å². The summed E-state index contributed by atoms with van der Waals surface area (Å²) in [5, 5.41) is 4.24. The highest BCUT2D eigenvalue weighted by Gasteiger charge is 2.39. The molecular formula is C14H23N3O. The second-order valence-corrected chi connectivity index (χ2v) is 5.31. The van der Waals surface area contributed by atoms with Crippen molar-refractivity contribution in [3.05, 3.63) is 18.0 Å². The molecule has 1 aromatic heterocycles. The minimum Gasteiger partial charge on any atom is -0.329 e. The fourth-order valence-corrected chi connectivity index (χ4v) is 2.94. The van der Waals surface area contributed by atoms with E-state index in [0.717, 1.165) is 44.3 Å². The van der Waals surface area contributed by atoms with Gasteiger partial charge in [0.1, 0.15) is 5.69 Å². The summed E-state index contributed by atoms with van der Waals surface area (Å²) in [6.45, 7) is 3.35. The lowest BCUT2D eigenvalue weighted by Crippen LogP contribution is -2.41.